The number of rotatable bonds is 8. The van der Waals surface area contributed by atoms with Crippen LogP contribution in [0.3, 0.4) is 0 Å². The Morgan fingerprint density at radius 1 is 0.889 bits per heavy atom. The molecule has 0 spiro atoms. The zero-order chi connectivity index (χ0) is 25.8. The van der Waals surface area contributed by atoms with Crippen LogP contribution in [0.1, 0.15) is 20.7 Å². The van der Waals surface area contributed by atoms with Gasteiger partial charge in [-0.15, -0.1) is 0 Å². The van der Waals surface area contributed by atoms with Crippen LogP contribution < -0.4 is 24.4 Å². The van der Waals surface area contributed by atoms with E-state index in [1.807, 2.05) is 0 Å². The molecule has 0 fully saturated rings. The molecule has 0 saturated heterocycles. The van der Waals surface area contributed by atoms with Crippen LogP contribution in [0.25, 0.3) is 0 Å². The third-order valence-electron chi connectivity index (χ3n) is 5.27. The van der Waals surface area contributed by atoms with Crippen LogP contribution in [0, 0.1) is 0 Å². The number of nitrogens with one attached hydrogen (secondary N) is 1. The van der Waals surface area contributed by atoms with Gasteiger partial charge in [0.15, 0.2) is 0 Å². The lowest BCUT2D eigenvalue weighted by Gasteiger charge is -2.19. The summed E-state index contributed by atoms with van der Waals surface area (Å²) in [6, 6.07) is 16.8. The van der Waals surface area contributed by atoms with Gasteiger partial charge in [0.2, 0.25) is 0 Å². The molecule has 3 aromatic rings. The number of nitrogens with zero attached hydrogens (tertiary/aromatic N) is 1. The average molecular weight is 507 g/mol. The summed E-state index contributed by atoms with van der Waals surface area (Å²) in [5, 5.41) is 2.54. The standard InChI is InChI=1S/C26H19ClN2O7/c1-34-19-11-12-21(35-2)20(13-19)29-24(31)22(27)23(25(29)32)28-17-7-5-16(6-8-17)26(33)36-18-9-3-15(14-30)4-10-18/h3-14,28H,1-2H3. The molecule has 9 nitrogen and oxygen atoms in total. The van der Waals surface area contributed by atoms with Crippen molar-refractivity contribution in [1.82, 2.24) is 0 Å². The van der Waals surface area contributed by atoms with Gasteiger partial charge in [-0.25, -0.2) is 9.69 Å². The molecule has 0 unspecified atom stereocenters. The number of hydrogen-bond donors (Lipinski definition) is 1. The number of esters is 1. The molecule has 2 amide bonds. The van der Waals surface area contributed by atoms with Gasteiger partial charge in [0.1, 0.15) is 34.3 Å². The highest BCUT2D eigenvalue weighted by atomic mass is 35.5. The van der Waals surface area contributed by atoms with E-state index in [2.05, 4.69) is 5.32 Å². The first-order valence-electron chi connectivity index (χ1n) is 10.5. The van der Waals surface area contributed by atoms with Crippen molar-refractivity contribution < 1.29 is 33.4 Å². The van der Waals surface area contributed by atoms with Gasteiger partial charge in [0.05, 0.1) is 25.5 Å². The fourth-order valence-electron chi connectivity index (χ4n) is 3.42. The molecule has 1 heterocycles. The Hall–Kier alpha value is -4.63. The first-order valence-corrected chi connectivity index (χ1v) is 10.9. The Bertz CT molecular complexity index is 1380. The second-order valence-corrected chi connectivity index (χ2v) is 7.83. The number of hydrogen-bond acceptors (Lipinski definition) is 8. The van der Waals surface area contributed by atoms with E-state index in [4.69, 9.17) is 25.8 Å². The molecule has 0 atom stereocenters. The minimum atomic E-state index is -0.725. The van der Waals surface area contributed by atoms with Crippen LogP contribution in [0.5, 0.6) is 17.2 Å². The summed E-state index contributed by atoms with van der Waals surface area (Å²) in [5.41, 5.74) is 1.17. The Labute approximate surface area is 210 Å². The molecule has 1 aliphatic rings. The topological polar surface area (TPSA) is 111 Å². The summed E-state index contributed by atoms with van der Waals surface area (Å²) in [7, 11) is 2.87. The molecule has 36 heavy (non-hydrogen) atoms. The number of anilines is 2. The molecular formula is C26H19ClN2O7. The zero-order valence-corrected chi connectivity index (χ0v) is 19.9. The number of amides is 2. The number of methoxy groups -OCH3 is 2. The Morgan fingerprint density at radius 2 is 1.56 bits per heavy atom. The number of carbonyl (C=O) groups is 4. The number of halogens is 1. The van der Waals surface area contributed by atoms with Crippen molar-refractivity contribution in [3.63, 3.8) is 0 Å². The summed E-state index contributed by atoms with van der Waals surface area (Å²) in [6.45, 7) is 0. The molecule has 3 aromatic carbocycles. The fourth-order valence-corrected chi connectivity index (χ4v) is 3.63. The van der Waals surface area contributed by atoms with E-state index in [1.54, 1.807) is 12.1 Å². The quantitative estimate of drug-likeness (QED) is 0.210. The van der Waals surface area contributed by atoms with Crippen LogP contribution in [-0.2, 0) is 9.59 Å². The number of imide groups is 1. The van der Waals surface area contributed by atoms with E-state index in [9.17, 15) is 19.2 Å². The van der Waals surface area contributed by atoms with Gasteiger partial charge < -0.3 is 19.5 Å². The molecule has 10 heteroatoms. The van der Waals surface area contributed by atoms with Gasteiger partial charge in [-0.3, -0.25) is 14.4 Å². The Balaban J connectivity index is 1.50. The summed E-state index contributed by atoms with van der Waals surface area (Å²) in [4.78, 5) is 50.0. The van der Waals surface area contributed by atoms with E-state index in [0.29, 0.717) is 23.3 Å². The maximum Gasteiger partial charge on any atom is 0.343 e. The van der Waals surface area contributed by atoms with E-state index in [0.717, 1.165) is 4.90 Å². The smallest absolute Gasteiger partial charge is 0.343 e. The number of carbonyl (C=O) groups excluding carboxylic acids is 4. The van der Waals surface area contributed by atoms with Crippen molar-refractivity contribution in [3.05, 3.63) is 88.6 Å². The minimum absolute atomic E-state index is 0.128. The van der Waals surface area contributed by atoms with Gasteiger partial charge in [-0.2, -0.15) is 0 Å². The first-order chi connectivity index (χ1) is 17.4. The molecule has 4 rings (SSSR count). The van der Waals surface area contributed by atoms with Crippen LogP contribution in [0.2, 0.25) is 0 Å². The van der Waals surface area contributed by atoms with Gasteiger partial charge in [-0.05, 0) is 60.7 Å². The molecule has 0 aliphatic carbocycles. The van der Waals surface area contributed by atoms with E-state index in [1.165, 1.54) is 68.8 Å². The molecule has 0 aromatic heterocycles. The highest BCUT2D eigenvalue weighted by Crippen LogP contribution is 2.38. The van der Waals surface area contributed by atoms with E-state index >= 15 is 0 Å². The third kappa shape index (κ3) is 4.77. The van der Waals surface area contributed by atoms with Crippen molar-refractivity contribution in [2.75, 3.05) is 24.4 Å². The first kappa shape index (κ1) is 24.5. The highest BCUT2D eigenvalue weighted by Gasteiger charge is 2.40. The predicted molar refractivity (Wildman–Crippen MR) is 132 cm³/mol. The molecular weight excluding hydrogens is 488 g/mol. The van der Waals surface area contributed by atoms with Crippen LogP contribution in [0.4, 0.5) is 11.4 Å². The third-order valence-corrected chi connectivity index (χ3v) is 5.62. The van der Waals surface area contributed by atoms with Gasteiger partial charge in [0.25, 0.3) is 11.8 Å². The largest absolute Gasteiger partial charge is 0.497 e. The lowest BCUT2D eigenvalue weighted by atomic mass is 10.2. The maximum absolute atomic E-state index is 13.1. The Kier molecular flexibility index (Phi) is 7.03. The zero-order valence-electron chi connectivity index (χ0n) is 19.1. The fraction of sp³-hybridized carbons (Fsp3) is 0.0769. The number of benzene rings is 3. The van der Waals surface area contributed by atoms with Crippen molar-refractivity contribution in [1.29, 1.82) is 0 Å². The van der Waals surface area contributed by atoms with Gasteiger partial charge >= 0.3 is 5.97 Å². The lowest BCUT2D eigenvalue weighted by Crippen LogP contribution is -2.32. The van der Waals surface area contributed by atoms with Gasteiger partial charge in [-0.1, -0.05) is 11.6 Å². The summed E-state index contributed by atoms with van der Waals surface area (Å²) in [6.07, 6.45) is 0.689. The number of ether oxygens (including phenoxy) is 3. The average Bonchev–Trinajstić information content (AvgIpc) is 3.11. The van der Waals surface area contributed by atoms with Crippen molar-refractivity contribution in [2.45, 2.75) is 0 Å². The second-order valence-electron chi connectivity index (χ2n) is 7.45. The molecule has 182 valence electrons. The molecule has 0 bridgehead atoms. The second kappa shape index (κ2) is 10.3. The summed E-state index contributed by atoms with van der Waals surface area (Å²) in [5.74, 6) is -1.03. The molecule has 0 saturated carbocycles. The van der Waals surface area contributed by atoms with Crippen LogP contribution in [-0.4, -0.2) is 38.3 Å². The normalized spacial score (nSPS) is 13.0. The minimum Gasteiger partial charge on any atom is -0.497 e. The number of aldehydes is 1. The molecule has 1 N–H and O–H groups in total. The highest BCUT2D eigenvalue weighted by molar-refractivity contribution is 6.53. The SMILES string of the molecule is COc1ccc(OC)c(N2C(=O)C(Cl)=C(Nc3ccc(C(=O)Oc4ccc(C=O)cc4)cc3)C2=O)c1. The Morgan fingerprint density at radius 3 is 2.17 bits per heavy atom. The predicted octanol–water partition coefficient (Wildman–Crippen LogP) is 4.17. The van der Waals surface area contributed by atoms with E-state index < -0.39 is 17.8 Å². The van der Waals surface area contributed by atoms with E-state index in [-0.39, 0.29) is 33.5 Å². The molecule has 1 aliphatic heterocycles. The molecule has 0 radical (unpaired) electrons. The maximum atomic E-state index is 13.1. The van der Waals surface area contributed by atoms with Crippen molar-refractivity contribution in [2.24, 2.45) is 0 Å². The van der Waals surface area contributed by atoms with Crippen LogP contribution in [0.15, 0.2) is 77.5 Å². The van der Waals surface area contributed by atoms with Crippen molar-refractivity contribution >= 4 is 47.0 Å². The summed E-state index contributed by atoms with van der Waals surface area (Å²) >= 11 is 6.22. The monoisotopic (exact) mass is 506 g/mol. The summed E-state index contributed by atoms with van der Waals surface area (Å²) < 4.78 is 15.8. The van der Waals surface area contributed by atoms with Crippen LogP contribution >= 0.6 is 11.6 Å². The lowest BCUT2D eigenvalue weighted by molar-refractivity contribution is -0.120. The van der Waals surface area contributed by atoms with Crippen molar-refractivity contribution in [3.8, 4) is 17.2 Å². The van der Waals surface area contributed by atoms with Gasteiger partial charge in [0, 0.05) is 17.3 Å².